The monoisotopic (exact) mass is 324 g/mol. The molecule has 0 aromatic rings. The lowest BCUT2D eigenvalue weighted by molar-refractivity contribution is -0.161. The quantitative estimate of drug-likeness (QED) is 0.866. The van der Waals surface area contributed by atoms with Crippen LogP contribution >= 0.6 is 11.8 Å². The molecule has 21 heavy (non-hydrogen) atoms. The van der Waals surface area contributed by atoms with Crippen molar-refractivity contribution in [3.05, 3.63) is 0 Å². The minimum Gasteiger partial charge on any atom is -0.340 e. The van der Waals surface area contributed by atoms with Gasteiger partial charge in [-0.05, 0) is 38.5 Å². The summed E-state index contributed by atoms with van der Waals surface area (Å²) in [5, 5.41) is 2.72. The maximum Gasteiger partial charge on any atom is 0.441 e. The number of rotatable bonds is 3. The first kappa shape index (κ1) is 16.5. The fraction of sp³-hybridized carbons (Fsp3) is 0.846. The van der Waals surface area contributed by atoms with E-state index in [4.69, 9.17) is 0 Å². The van der Waals surface area contributed by atoms with Crippen LogP contribution in [-0.2, 0) is 9.59 Å². The third-order valence-electron chi connectivity index (χ3n) is 4.16. The van der Waals surface area contributed by atoms with E-state index in [1.54, 1.807) is 13.8 Å². The van der Waals surface area contributed by atoms with Gasteiger partial charge < -0.3 is 10.2 Å². The molecule has 8 heteroatoms. The summed E-state index contributed by atoms with van der Waals surface area (Å²) in [5.41, 5.74) is -6.33. The topological polar surface area (TPSA) is 49.4 Å². The van der Waals surface area contributed by atoms with Crippen molar-refractivity contribution in [1.29, 1.82) is 0 Å². The second-order valence-corrected chi connectivity index (χ2v) is 7.23. The zero-order chi connectivity index (χ0) is 15.9. The molecule has 4 nitrogen and oxygen atoms in total. The molecule has 0 aromatic carbocycles. The number of halogens is 3. The molecule has 1 spiro atoms. The molecule has 120 valence electrons. The van der Waals surface area contributed by atoms with Gasteiger partial charge in [0.05, 0.1) is 0 Å². The van der Waals surface area contributed by atoms with Gasteiger partial charge in [-0.3, -0.25) is 9.59 Å². The van der Waals surface area contributed by atoms with Crippen LogP contribution in [0.5, 0.6) is 0 Å². The van der Waals surface area contributed by atoms with E-state index in [-0.39, 0.29) is 35.9 Å². The Morgan fingerprint density at radius 2 is 1.81 bits per heavy atom. The lowest BCUT2D eigenvalue weighted by atomic mass is 9.85. The first-order valence-corrected chi connectivity index (χ1v) is 7.92. The van der Waals surface area contributed by atoms with E-state index in [0.717, 1.165) is 12.8 Å². The Kier molecular flexibility index (Phi) is 4.21. The predicted octanol–water partition coefficient (Wildman–Crippen LogP) is 2.29. The zero-order valence-corrected chi connectivity index (χ0v) is 12.9. The second kappa shape index (κ2) is 5.37. The summed E-state index contributed by atoms with van der Waals surface area (Å²) < 4.78 is 36.9. The number of nitrogens with one attached hydrogen (secondary N) is 1. The molecule has 0 aromatic heterocycles. The van der Waals surface area contributed by atoms with Crippen LogP contribution in [0, 0.1) is 0 Å². The average Bonchev–Trinajstić information content (AvgIpc) is 2.80. The van der Waals surface area contributed by atoms with E-state index < -0.39 is 16.6 Å². The van der Waals surface area contributed by atoms with Crippen LogP contribution in [-0.4, -0.2) is 45.6 Å². The standard InChI is InChI=1S/C13H19F3N2O2S/c1-11(2)10(20)18(7-8-21-13(14,15)16)12(9(19)17-11)5-3-4-6-12/h3-8H2,1-2H3,(H,17,19). The van der Waals surface area contributed by atoms with E-state index in [0.29, 0.717) is 12.8 Å². The number of carbonyl (C=O) groups is 2. The van der Waals surface area contributed by atoms with Crippen molar-refractivity contribution in [2.24, 2.45) is 0 Å². The number of carbonyl (C=O) groups excluding carboxylic acids is 2. The summed E-state index contributed by atoms with van der Waals surface area (Å²) in [6.07, 6.45) is 2.67. The fourth-order valence-corrected chi connectivity index (χ4v) is 3.64. The van der Waals surface area contributed by atoms with Crippen LogP contribution in [0.3, 0.4) is 0 Å². The first-order chi connectivity index (χ1) is 9.58. The summed E-state index contributed by atoms with van der Waals surface area (Å²) in [4.78, 5) is 26.3. The molecule has 1 saturated heterocycles. The highest BCUT2D eigenvalue weighted by Crippen LogP contribution is 2.40. The highest BCUT2D eigenvalue weighted by Gasteiger charge is 2.56. The molecule has 2 rings (SSSR count). The third kappa shape index (κ3) is 3.14. The number of hydrogen-bond acceptors (Lipinski definition) is 3. The largest absolute Gasteiger partial charge is 0.441 e. The molecular weight excluding hydrogens is 305 g/mol. The number of amides is 2. The van der Waals surface area contributed by atoms with Gasteiger partial charge in [-0.2, -0.15) is 13.2 Å². The van der Waals surface area contributed by atoms with Crippen molar-refractivity contribution in [2.75, 3.05) is 12.3 Å². The minimum absolute atomic E-state index is 0.0557. The van der Waals surface area contributed by atoms with Gasteiger partial charge in [0.25, 0.3) is 0 Å². The third-order valence-corrected chi connectivity index (χ3v) is 4.87. The molecule has 1 N–H and O–H groups in total. The van der Waals surface area contributed by atoms with Crippen LogP contribution in [0.4, 0.5) is 13.2 Å². The molecule has 1 heterocycles. The molecule has 1 aliphatic carbocycles. The van der Waals surface area contributed by atoms with Crippen LogP contribution in [0.25, 0.3) is 0 Å². The highest BCUT2D eigenvalue weighted by molar-refractivity contribution is 8.00. The van der Waals surface area contributed by atoms with E-state index >= 15 is 0 Å². The summed E-state index contributed by atoms with van der Waals surface area (Å²) >= 11 is -0.153. The summed E-state index contributed by atoms with van der Waals surface area (Å²) in [6.45, 7) is 3.11. The molecule has 0 unspecified atom stereocenters. The Bertz CT molecular complexity index is 445. The fourth-order valence-electron chi connectivity index (χ4n) is 3.13. The Balaban J connectivity index is 2.18. The number of hydrogen-bond donors (Lipinski definition) is 1. The van der Waals surface area contributed by atoms with Crippen molar-refractivity contribution in [3.63, 3.8) is 0 Å². The van der Waals surface area contributed by atoms with Gasteiger partial charge in [-0.25, -0.2) is 0 Å². The summed E-state index contributed by atoms with van der Waals surface area (Å²) in [6, 6.07) is 0. The van der Waals surface area contributed by atoms with Crippen LogP contribution < -0.4 is 5.32 Å². The van der Waals surface area contributed by atoms with E-state index in [9.17, 15) is 22.8 Å². The molecule has 0 bridgehead atoms. The number of alkyl halides is 3. The van der Waals surface area contributed by atoms with Gasteiger partial charge in [0.1, 0.15) is 11.1 Å². The lowest BCUT2D eigenvalue weighted by Gasteiger charge is -2.49. The van der Waals surface area contributed by atoms with Gasteiger partial charge in [0, 0.05) is 12.3 Å². The summed E-state index contributed by atoms with van der Waals surface area (Å²) in [5.74, 6) is -0.784. The average molecular weight is 324 g/mol. The van der Waals surface area contributed by atoms with Gasteiger partial charge in [0.2, 0.25) is 11.8 Å². The molecule has 1 aliphatic heterocycles. The SMILES string of the molecule is CC1(C)NC(=O)C2(CCCC2)N(CCSC(F)(F)F)C1=O. The van der Waals surface area contributed by atoms with Gasteiger partial charge in [-0.15, -0.1) is 0 Å². The predicted molar refractivity (Wildman–Crippen MR) is 73.6 cm³/mol. The van der Waals surface area contributed by atoms with Crippen molar-refractivity contribution >= 4 is 23.6 Å². The number of piperazine rings is 1. The van der Waals surface area contributed by atoms with E-state index in [1.807, 2.05) is 0 Å². The Morgan fingerprint density at radius 1 is 1.24 bits per heavy atom. The van der Waals surface area contributed by atoms with Crippen molar-refractivity contribution in [2.45, 2.75) is 56.1 Å². The molecular formula is C13H19F3N2O2S. The Hall–Kier alpha value is -0.920. The lowest BCUT2D eigenvalue weighted by Crippen LogP contribution is -2.73. The van der Waals surface area contributed by atoms with Crippen LogP contribution in [0.2, 0.25) is 0 Å². The smallest absolute Gasteiger partial charge is 0.340 e. The molecule has 2 aliphatic rings. The molecule has 2 amide bonds. The van der Waals surface area contributed by atoms with Crippen molar-refractivity contribution < 1.29 is 22.8 Å². The molecule has 0 radical (unpaired) electrons. The van der Waals surface area contributed by atoms with E-state index in [2.05, 4.69) is 5.32 Å². The Morgan fingerprint density at radius 3 is 2.33 bits per heavy atom. The van der Waals surface area contributed by atoms with Crippen molar-refractivity contribution in [1.82, 2.24) is 10.2 Å². The maximum atomic E-state index is 12.5. The zero-order valence-electron chi connectivity index (χ0n) is 12.0. The number of nitrogens with zero attached hydrogens (tertiary/aromatic N) is 1. The maximum absolute atomic E-state index is 12.5. The normalized spacial score (nSPS) is 24.5. The minimum atomic E-state index is -4.32. The molecule has 1 saturated carbocycles. The van der Waals surface area contributed by atoms with Gasteiger partial charge in [0.15, 0.2) is 0 Å². The highest BCUT2D eigenvalue weighted by atomic mass is 32.2. The summed E-state index contributed by atoms with van der Waals surface area (Å²) in [7, 11) is 0. The molecule has 2 fully saturated rings. The second-order valence-electron chi connectivity index (χ2n) is 6.07. The van der Waals surface area contributed by atoms with E-state index in [1.165, 1.54) is 4.90 Å². The van der Waals surface area contributed by atoms with Crippen molar-refractivity contribution in [3.8, 4) is 0 Å². The molecule has 0 atom stereocenters. The van der Waals surface area contributed by atoms with Crippen LogP contribution in [0.15, 0.2) is 0 Å². The Labute approximate surface area is 125 Å². The van der Waals surface area contributed by atoms with Crippen LogP contribution in [0.1, 0.15) is 39.5 Å². The number of thioether (sulfide) groups is 1. The van der Waals surface area contributed by atoms with Gasteiger partial charge in [-0.1, -0.05) is 12.8 Å². The van der Waals surface area contributed by atoms with Gasteiger partial charge >= 0.3 is 5.51 Å². The first-order valence-electron chi connectivity index (χ1n) is 6.94.